The van der Waals surface area contributed by atoms with Gasteiger partial charge < -0.3 is 14.6 Å². The Morgan fingerprint density at radius 3 is 2.36 bits per heavy atom. The van der Waals surface area contributed by atoms with E-state index in [-0.39, 0.29) is 11.3 Å². The second-order valence-electron chi connectivity index (χ2n) is 4.36. The summed E-state index contributed by atoms with van der Waals surface area (Å²) in [5.41, 5.74) is 3.21. The van der Waals surface area contributed by atoms with Gasteiger partial charge in [0, 0.05) is 11.6 Å². The van der Waals surface area contributed by atoms with Crippen molar-refractivity contribution in [2.45, 2.75) is 0 Å². The van der Waals surface area contributed by atoms with E-state index in [4.69, 9.17) is 9.47 Å². The van der Waals surface area contributed by atoms with Crippen LogP contribution in [0.5, 0.6) is 17.2 Å². The maximum atomic E-state index is 11.9. The topological polar surface area (TPSA) is 80.2 Å². The summed E-state index contributed by atoms with van der Waals surface area (Å²) in [6.07, 6.45) is 1.46. The Morgan fingerprint density at radius 2 is 1.77 bits per heavy atom. The Labute approximate surface area is 128 Å². The van der Waals surface area contributed by atoms with Crippen molar-refractivity contribution >= 4 is 12.1 Å². The predicted octanol–water partition coefficient (Wildman–Crippen LogP) is 2.17. The lowest BCUT2D eigenvalue weighted by atomic mass is 10.2. The number of para-hydroxylation sites is 1. The van der Waals surface area contributed by atoms with Crippen molar-refractivity contribution in [3.63, 3.8) is 0 Å². The predicted molar refractivity (Wildman–Crippen MR) is 82.7 cm³/mol. The van der Waals surface area contributed by atoms with Crippen LogP contribution in [0.1, 0.15) is 15.9 Å². The van der Waals surface area contributed by atoms with Gasteiger partial charge in [0.25, 0.3) is 5.91 Å². The van der Waals surface area contributed by atoms with Gasteiger partial charge in [-0.25, -0.2) is 5.43 Å². The smallest absolute Gasteiger partial charge is 0.275 e. The van der Waals surface area contributed by atoms with Crippen LogP contribution in [0.25, 0.3) is 0 Å². The molecule has 0 unspecified atom stereocenters. The number of hydrogen-bond acceptors (Lipinski definition) is 5. The van der Waals surface area contributed by atoms with Gasteiger partial charge in [-0.15, -0.1) is 0 Å². The molecule has 0 aliphatic heterocycles. The van der Waals surface area contributed by atoms with Crippen LogP contribution in [0.4, 0.5) is 0 Å². The Hall–Kier alpha value is -3.02. The molecule has 0 aromatic heterocycles. The summed E-state index contributed by atoms with van der Waals surface area (Å²) in [5, 5.41) is 13.5. The molecule has 0 heterocycles. The first-order valence-corrected chi connectivity index (χ1v) is 6.48. The molecule has 2 N–H and O–H groups in total. The maximum Gasteiger partial charge on any atom is 0.275 e. The lowest BCUT2D eigenvalue weighted by Crippen LogP contribution is -2.17. The molecule has 0 spiro atoms. The van der Waals surface area contributed by atoms with Crippen LogP contribution < -0.4 is 14.9 Å². The van der Waals surface area contributed by atoms with Gasteiger partial charge in [0.1, 0.15) is 17.2 Å². The molecule has 0 saturated carbocycles. The van der Waals surface area contributed by atoms with Crippen molar-refractivity contribution in [1.29, 1.82) is 0 Å². The molecule has 0 aliphatic rings. The second kappa shape index (κ2) is 7.12. The first-order chi connectivity index (χ1) is 10.6. The van der Waals surface area contributed by atoms with Crippen molar-refractivity contribution in [2.24, 2.45) is 5.10 Å². The van der Waals surface area contributed by atoms with Gasteiger partial charge in [-0.05, 0) is 24.3 Å². The van der Waals surface area contributed by atoms with Crippen molar-refractivity contribution in [2.75, 3.05) is 14.2 Å². The van der Waals surface area contributed by atoms with E-state index in [2.05, 4.69) is 10.5 Å². The van der Waals surface area contributed by atoms with Crippen molar-refractivity contribution in [3.05, 3.63) is 53.6 Å². The van der Waals surface area contributed by atoms with E-state index in [1.807, 2.05) is 0 Å². The van der Waals surface area contributed by atoms with Crippen LogP contribution in [0.2, 0.25) is 0 Å². The number of hydrogen-bond donors (Lipinski definition) is 2. The minimum absolute atomic E-state index is 0.0988. The fourth-order valence-electron chi connectivity index (χ4n) is 1.80. The Balaban J connectivity index is 2.09. The van der Waals surface area contributed by atoms with E-state index >= 15 is 0 Å². The summed E-state index contributed by atoms with van der Waals surface area (Å²) in [6, 6.07) is 11.5. The normalized spacial score (nSPS) is 10.5. The number of methoxy groups -OCH3 is 2. The molecule has 1 amide bonds. The van der Waals surface area contributed by atoms with E-state index in [1.54, 1.807) is 44.6 Å². The fraction of sp³-hybridized carbons (Fsp3) is 0.125. The van der Waals surface area contributed by atoms with Gasteiger partial charge in [0.05, 0.1) is 26.0 Å². The van der Waals surface area contributed by atoms with Crippen LogP contribution in [0.15, 0.2) is 47.6 Å². The Bertz CT molecular complexity index is 676. The van der Waals surface area contributed by atoms with Gasteiger partial charge in [-0.3, -0.25) is 4.79 Å². The molecule has 0 saturated heterocycles. The number of phenols is 1. The van der Waals surface area contributed by atoms with Crippen LogP contribution in [-0.2, 0) is 0 Å². The number of aromatic hydroxyl groups is 1. The zero-order valence-electron chi connectivity index (χ0n) is 12.2. The van der Waals surface area contributed by atoms with Gasteiger partial charge in [0.2, 0.25) is 0 Å². The molecule has 2 rings (SSSR count). The molecule has 6 heteroatoms. The number of carbonyl (C=O) groups excluding carboxylic acids is 1. The maximum absolute atomic E-state index is 11.9. The fourth-order valence-corrected chi connectivity index (χ4v) is 1.80. The third kappa shape index (κ3) is 3.76. The summed E-state index contributed by atoms with van der Waals surface area (Å²) < 4.78 is 10.3. The highest BCUT2D eigenvalue weighted by Crippen LogP contribution is 2.21. The monoisotopic (exact) mass is 300 g/mol. The molecule has 0 radical (unpaired) electrons. The second-order valence-corrected chi connectivity index (χ2v) is 4.36. The van der Waals surface area contributed by atoms with Crippen LogP contribution in [-0.4, -0.2) is 31.4 Å². The molecule has 0 atom stereocenters. The molecule has 0 bridgehead atoms. The van der Waals surface area contributed by atoms with Crippen LogP contribution in [0, 0.1) is 0 Å². The van der Waals surface area contributed by atoms with Gasteiger partial charge in [-0.1, -0.05) is 12.1 Å². The molecule has 2 aromatic carbocycles. The van der Waals surface area contributed by atoms with Gasteiger partial charge in [-0.2, -0.15) is 5.10 Å². The van der Waals surface area contributed by atoms with E-state index in [1.165, 1.54) is 18.3 Å². The molecule has 22 heavy (non-hydrogen) atoms. The highest BCUT2D eigenvalue weighted by atomic mass is 16.5. The largest absolute Gasteiger partial charge is 0.507 e. The molecule has 0 fully saturated rings. The standard InChI is InChI=1S/C16H16N2O4/c1-21-12-7-11(8-13(9-12)22-2)10-17-18-16(20)14-5-3-4-6-15(14)19/h3-10,19H,1-2H3,(H,18,20)/b17-10+. The number of nitrogens with one attached hydrogen (secondary N) is 1. The highest BCUT2D eigenvalue weighted by molar-refractivity contribution is 5.97. The lowest BCUT2D eigenvalue weighted by molar-refractivity contribution is 0.0952. The van der Waals surface area contributed by atoms with Gasteiger partial charge in [0.15, 0.2) is 0 Å². The van der Waals surface area contributed by atoms with E-state index < -0.39 is 5.91 Å². The zero-order valence-corrected chi connectivity index (χ0v) is 12.2. The summed E-state index contributed by atoms with van der Waals surface area (Å²) in [4.78, 5) is 11.9. The number of ether oxygens (including phenoxy) is 2. The number of benzene rings is 2. The number of amides is 1. The minimum Gasteiger partial charge on any atom is -0.507 e. The number of carbonyl (C=O) groups is 1. The molecule has 6 nitrogen and oxygen atoms in total. The van der Waals surface area contributed by atoms with Crippen LogP contribution >= 0.6 is 0 Å². The molecule has 0 aliphatic carbocycles. The first-order valence-electron chi connectivity index (χ1n) is 6.48. The van der Waals surface area contributed by atoms with Crippen molar-refractivity contribution in [1.82, 2.24) is 5.43 Å². The molecular formula is C16H16N2O4. The summed E-state index contributed by atoms with van der Waals surface area (Å²) in [6.45, 7) is 0. The number of hydrazone groups is 1. The molecular weight excluding hydrogens is 284 g/mol. The quantitative estimate of drug-likeness (QED) is 0.655. The zero-order chi connectivity index (χ0) is 15.9. The Morgan fingerprint density at radius 1 is 1.14 bits per heavy atom. The Kier molecular flexibility index (Phi) is 4.98. The molecule has 2 aromatic rings. The van der Waals surface area contributed by atoms with Gasteiger partial charge >= 0.3 is 0 Å². The van der Waals surface area contributed by atoms with E-state index in [0.717, 1.165) is 0 Å². The highest BCUT2D eigenvalue weighted by Gasteiger charge is 2.08. The van der Waals surface area contributed by atoms with Crippen LogP contribution in [0.3, 0.4) is 0 Å². The molecule has 114 valence electrons. The lowest BCUT2D eigenvalue weighted by Gasteiger charge is -2.05. The van der Waals surface area contributed by atoms with E-state index in [0.29, 0.717) is 17.1 Å². The van der Waals surface area contributed by atoms with E-state index in [9.17, 15) is 9.90 Å². The summed E-state index contributed by atoms with van der Waals surface area (Å²) >= 11 is 0. The number of nitrogens with zero attached hydrogens (tertiary/aromatic N) is 1. The summed E-state index contributed by atoms with van der Waals surface area (Å²) in [7, 11) is 3.10. The van der Waals surface area contributed by atoms with Crippen molar-refractivity contribution in [3.8, 4) is 17.2 Å². The SMILES string of the molecule is COc1cc(/C=N/NC(=O)c2ccccc2O)cc(OC)c1. The summed E-state index contributed by atoms with van der Waals surface area (Å²) in [5.74, 6) is 0.642. The number of rotatable bonds is 5. The first kappa shape index (κ1) is 15.4. The average Bonchev–Trinajstić information content (AvgIpc) is 2.54. The number of phenolic OH excluding ortho intramolecular Hbond substituents is 1. The third-order valence-corrected chi connectivity index (χ3v) is 2.90. The average molecular weight is 300 g/mol. The minimum atomic E-state index is -0.496. The third-order valence-electron chi connectivity index (χ3n) is 2.90. The van der Waals surface area contributed by atoms with Crippen molar-refractivity contribution < 1.29 is 19.4 Å².